The zero-order valence-electron chi connectivity index (χ0n) is 14.2. The smallest absolute Gasteiger partial charge is 0.195 e. The summed E-state index contributed by atoms with van der Waals surface area (Å²) in [6.07, 6.45) is 1.92. The zero-order chi connectivity index (χ0) is 17.8. The van der Waals surface area contributed by atoms with E-state index in [9.17, 15) is 0 Å². The highest BCUT2D eigenvalue weighted by molar-refractivity contribution is 7.10. The van der Waals surface area contributed by atoms with E-state index in [1.54, 1.807) is 11.3 Å². The lowest BCUT2D eigenvalue weighted by atomic mass is 10.1. The minimum Gasteiger partial charge on any atom is -0.356 e. The molecule has 4 nitrogen and oxygen atoms in total. The van der Waals surface area contributed by atoms with Gasteiger partial charge in [0.2, 0.25) is 0 Å². The molecule has 1 aliphatic rings. The number of halogens is 1. The number of thiazole rings is 1. The van der Waals surface area contributed by atoms with Crippen molar-refractivity contribution in [2.24, 2.45) is 4.99 Å². The molecule has 0 atom stereocenters. The van der Waals surface area contributed by atoms with Crippen LogP contribution in [-0.2, 0) is 6.42 Å². The van der Waals surface area contributed by atoms with Crippen molar-refractivity contribution in [3.63, 3.8) is 0 Å². The molecule has 3 aromatic rings. The summed E-state index contributed by atoms with van der Waals surface area (Å²) in [6, 6.07) is 16.2. The maximum absolute atomic E-state index is 5.95. The van der Waals surface area contributed by atoms with E-state index in [4.69, 9.17) is 16.6 Å². The molecule has 0 amide bonds. The number of nitrogens with zero attached hydrogens (tertiary/aromatic N) is 2. The third kappa shape index (κ3) is 4.23. The molecule has 0 unspecified atom stereocenters. The number of anilines is 1. The van der Waals surface area contributed by atoms with Gasteiger partial charge in [0, 0.05) is 41.2 Å². The van der Waals surface area contributed by atoms with Crippen molar-refractivity contribution in [1.82, 2.24) is 10.3 Å². The highest BCUT2D eigenvalue weighted by Crippen LogP contribution is 2.25. The lowest BCUT2D eigenvalue weighted by Crippen LogP contribution is -2.35. The van der Waals surface area contributed by atoms with E-state index in [1.165, 1.54) is 5.56 Å². The average Bonchev–Trinajstić information content (AvgIpc) is 3.13. The second-order valence-electron chi connectivity index (χ2n) is 6.14. The molecular formula is C20H19ClN4S. The topological polar surface area (TPSA) is 49.3 Å². The predicted octanol–water partition coefficient (Wildman–Crippen LogP) is 4.82. The number of aliphatic imine (C=N–C) groups is 1. The molecule has 0 radical (unpaired) electrons. The normalized spacial score (nSPS) is 13.8. The van der Waals surface area contributed by atoms with Crippen LogP contribution in [0, 0.1) is 0 Å². The maximum atomic E-state index is 5.95. The number of benzene rings is 2. The first-order valence-corrected chi connectivity index (χ1v) is 9.87. The molecule has 0 saturated heterocycles. The van der Waals surface area contributed by atoms with Crippen LogP contribution in [0.15, 0.2) is 58.9 Å². The van der Waals surface area contributed by atoms with E-state index >= 15 is 0 Å². The molecule has 132 valence electrons. The van der Waals surface area contributed by atoms with Crippen LogP contribution in [0.4, 0.5) is 5.69 Å². The molecule has 1 aliphatic heterocycles. The van der Waals surface area contributed by atoms with Gasteiger partial charge < -0.3 is 10.6 Å². The fourth-order valence-corrected chi connectivity index (χ4v) is 3.74. The van der Waals surface area contributed by atoms with Gasteiger partial charge in [0.15, 0.2) is 5.96 Å². The lowest BCUT2D eigenvalue weighted by Gasteiger charge is -2.16. The van der Waals surface area contributed by atoms with Crippen LogP contribution < -0.4 is 10.6 Å². The van der Waals surface area contributed by atoms with Crippen molar-refractivity contribution in [2.75, 3.05) is 18.4 Å². The van der Waals surface area contributed by atoms with Gasteiger partial charge in [-0.1, -0.05) is 35.9 Å². The molecule has 6 heteroatoms. The molecule has 2 aromatic carbocycles. The van der Waals surface area contributed by atoms with Crippen molar-refractivity contribution in [1.29, 1.82) is 0 Å². The summed E-state index contributed by atoms with van der Waals surface area (Å²) in [7, 11) is 0. The van der Waals surface area contributed by atoms with Crippen molar-refractivity contribution >= 4 is 34.6 Å². The maximum Gasteiger partial charge on any atom is 0.195 e. The van der Waals surface area contributed by atoms with Gasteiger partial charge in [0.25, 0.3) is 0 Å². The van der Waals surface area contributed by atoms with Gasteiger partial charge in [0.1, 0.15) is 0 Å². The Balaban J connectivity index is 1.41. The Hall–Kier alpha value is -2.37. The molecular weight excluding hydrogens is 364 g/mol. The first kappa shape index (κ1) is 17.1. The Bertz CT molecular complexity index is 900. The van der Waals surface area contributed by atoms with E-state index in [1.807, 2.05) is 24.3 Å². The third-order valence-electron chi connectivity index (χ3n) is 4.16. The Morgan fingerprint density at radius 3 is 2.62 bits per heavy atom. The Morgan fingerprint density at radius 2 is 1.88 bits per heavy atom. The van der Waals surface area contributed by atoms with E-state index in [2.05, 4.69) is 45.3 Å². The number of hydrogen-bond acceptors (Lipinski definition) is 5. The van der Waals surface area contributed by atoms with Crippen molar-refractivity contribution in [2.45, 2.75) is 12.8 Å². The number of rotatable bonds is 4. The number of hydrogen-bond donors (Lipinski definition) is 2. The highest BCUT2D eigenvalue weighted by atomic mass is 35.5. The van der Waals surface area contributed by atoms with Crippen molar-refractivity contribution in [3.8, 4) is 11.3 Å². The molecule has 0 saturated carbocycles. The molecule has 26 heavy (non-hydrogen) atoms. The van der Waals surface area contributed by atoms with E-state index in [-0.39, 0.29) is 0 Å². The molecule has 0 aliphatic carbocycles. The lowest BCUT2D eigenvalue weighted by molar-refractivity contribution is 0.740. The molecule has 0 fully saturated rings. The van der Waals surface area contributed by atoms with Gasteiger partial charge in [-0.25, -0.2) is 4.98 Å². The van der Waals surface area contributed by atoms with Crippen LogP contribution in [0.25, 0.3) is 11.3 Å². The second kappa shape index (κ2) is 7.89. The minimum absolute atomic E-state index is 0.743. The van der Waals surface area contributed by atoms with Gasteiger partial charge in [-0.2, -0.15) is 0 Å². The molecule has 0 bridgehead atoms. The molecule has 2 heterocycles. The Kier molecular flexibility index (Phi) is 5.18. The first-order valence-electron chi connectivity index (χ1n) is 8.61. The van der Waals surface area contributed by atoms with Crippen LogP contribution in [0.3, 0.4) is 0 Å². The molecule has 1 aromatic heterocycles. The fourth-order valence-electron chi connectivity index (χ4n) is 2.78. The summed E-state index contributed by atoms with van der Waals surface area (Å²) in [5, 5.41) is 10.5. The standard InChI is InChI=1S/C20H19ClN4S/c21-16-6-4-15(5-7-16)18-13-26-19(25-18)12-14-2-8-17(9-3-14)24-20-22-10-1-11-23-20/h2-9,13H,1,10-12H2,(H2,22,23,24). The van der Waals surface area contributed by atoms with Gasteiger partial charge >= 0.3 is 0 Å². The Morgan fingerprint density at radius 1 is 1.08 bits per heavy atom. The third-order valence-corrected chi connectivity index (χ3v) is 5.26. The van der Waals surface area contributed by atoms with Crippen LogP contribution in [-0.4, -0.2) is 24.0 Å². The summed E-state index contributed by atoms with van der Waals surface area (Å²) in [4.78, 5) is 9.18. The minimum atomic E-state index is 0.743. The number of aromatic nitrogens is 1. The SMILES string of the molecule is Clc1ccc(-c2csc(Cc3ccc(NC4=NCCCN4)cc3)n2)cc1. The molecule has 2 N–H and O–H groups in total. The highest BCUT2D eigenvalue weighted by Gasteiger charge is 2.07. The van der Waals surface area contributed by atoms with Crippen molar-refractivity contribution < 1.29 is 0 Å². The van der Waals surface area contributed by atoms with E-state index in [0.29, 0.717) is 0 Å². The summed E-state index contributed by atoms with van der Waals surface area (Å²) >= 11 is 7.64. The molecule has 0 spiro atoms. The number of guanidine groups is 1. The molecule has 4 rings (SSSR count). The van der Waals surface area contributed by atoms with Gasteiger partial charge in [-0.15, -0.1) is 11.3 Å². The van der Waals surface area contributed by atoms with Gasteiger partial charge in [0.05, 0.1) is 10.7 Å². The van der Waals surface area contributed by atoms with Crippen LogP contribution in [0.1, 0.15) is 17.0 Å². The van der Waals surface area contributed by atoms with Crippen LogP contribution >= 0.6 is 22.9 Å². The summed E-state index contributed by atoms with van der Waals surface area (Å²) < 4.78 is 0. The van der Waals surface area contributed by atoms with Crippen LogP contribution in [0.5, 0.6) is 0 Å². The monoisotopic (exact) mass is 382 g/mol. The van der Waals surface area contributed by atoms with Crippen LogP contribution in [0.2, 0.25) is 5.02 Å². The van der Waals surface area contributed by atoms with Gasteiger partial charge in [-0.3, -0.25) is 4.99 Å². The summed E-state index contributed by atoms with van der Waals surface area (Å²) in [5.74, 6) is 0.858. The zero-order valence-corrected chi connectivity index (χ0v) is 15.8. The fraction of sp³-hybridized carbons (Fsp3) is 0.200. The van der Waals surface area contributed by atoms with E-state index in [0.717, 1.165) is 58.9 Å². The summed E-state index contributed by atoms with van der Waals surface area (Å²) in [6.45, 7) is 1.86. The van der Waals surface area contributed by atoms with E-state index < -0.39 is 0 Å². The predicted molar refractivity (Wildman–Crippen MR) is 110 cm³/mol. The first-order chi connectivity index (χ1) is 12.8. The quantitative estimate of drug-likeness (QED) is 0.680. The number of nitrogens with one attached hydrogen (secondary N) is 2. The Labute approximate surface area is 162 Å². The van der Waals surface area contributed by atoms with Crippen molar-refractivity contribution in [3.05, 3.63) is 69.5 Å². The largest absolute Gasteiger partial charge is 0.356 e. The average molecular weight is 383 g/mol. The van der Waals surface area contributed by atoms with Gasteiger partial charge in [-0.05, 0) is 36.2 Å². The summed E-state index contributed by atoms with van der Waals surface area (Å²) in [5.41, 5.74) is 4.38. The second-order valence-corrected chi connectivity index (χ2v) is 7.52.